The number of Topliss-reactive ketones (excluding diaryl/α,β-unsaturated/α-hetero) is 1. The first-order valence-electron chi connectivity index (χ1n) is 10.5. The van der Waals surface area contributed by atoms with Crippen LogP contribution in [-0.2, 0) is 11.2 Å². The molecule has 5 heteroatoms. The number of benzene rings is 1. The second kappa shape index (κ2) is 11.5. The molecule has 0 unspecified atom stereocenters. The zero-order valence-corrected chi connectivity index (χ0v) is 17.4. The monoisotopic (exact) mass is 387 g/mol. The molecule has 0 amide bonds. The van der Waals surface area contributed by atoms with E-state index in [0.717, 1.165) is 54.9 Å². The summed E-state index contributed by atoms with van der Waals surface area (Å²) >= 11 is 0. The number of carbonyl (C=O) groups excluding carboxylic acids is 1. The van der Waals surface area contributed by atoms with Gasteiger partial charge >= 0.3 is 0 Å². The molecule has 0 spiro atoms. The Labute approximate surface area is 168 Å². The molecule has 1 aliphatic carbocycles. The SMILES string of the molecule is CCCCC(=NCCc1ccc(OCC)c(OCC)c1)C1=C(O)CCCC1=O. The zero-order valence-electron chi connectivity index (χ0n) is 17.4. The number of aliphatic imine (C=N–C) groups is 1. The van der Waals surface area contributed by atoms with Gasteiger partial charge in [0, 0.05) is 25.1 Å². The van der Waals surface area contributed by atoms with Gasteiger partial charge in [0.25, 0.3) is 0 Å². The molecule has 154 valence electrons. The van der Waals surface area contributed by atoms with Gasteiger partial charge in [-0.25, -0.2) is 0 Å². The number of hydrogen-bond acceptors (Lipinski definition) is 5. The average Bonchev–Trinajstić information content (AvgIpc) is 2.67. The number of nitrogens with zero attached hydrogens (tertiary/aromatic N) is 1. The summed E-state index contributed by atoms with van der Waals surface area (Å²) in [5.41, 5.74) is 2.35. The third kappa shape index (κ3) is 6.11. The predicted octanol–water partition coefficient (Wildman–Crippen LogP) is 5.22. The number of ether oxygens (including phenoxy) is 2. The number of carbonyl (C=O) groups is 1. The molecule has 2 rings (SSSR count). The summed E-state index contributed by atoms with van der Waals surface area (Å²) in [4.78, 5) is 17.1. The first-order valence-corrected chi connectivity index (χ1v) is 10.5. The summed E-state index contributed by atoms with van der Waals surface area (Å²) in [5.74, 6) is 1.74. The van der Waals surface area contributed by atoms with Crippen molar-refractivity contribution in [2.24, 2.45) is 4.99 Å². The van der Waals surface area contributed by atoms with Crippen LogP contribution in [0.15, 0.2) is 34.5 Å². The van der Waals surface area contributed by atoms with E-state index in [4.69, 9.17) is 14.5 Å². The Morgan fingerprint density at radius 1 is 1.11 bits per heavy atom. The maximum Gasteiger partial charge on any atom is 0.168 e. The number of aliphatic hydroxyl groups is 1. The van der Waals surface area contributed by atoms with Crippen LogP contribution in [0.5, 0.6) is 11.5 Å². The van der Waals surface area contributed by atoms with Crippen molar-refractivity contribution in [3.05, 3.63) is 35.1 Å². The minimum atomic E-state index is 0.0262. The molecular formula is C23H33NO4. The molecule has 0 radical (unpaired) electrons. The van der Waals surface area contributed by atoms with Gasteiger partial charge in [0.2, 0.25) is 0 Å². The van der Waals surface area contributed by atoms with Gasteiger partial charge in [-0.15, -0.1) is 0 Å². The number of unbranched alkanes of at least 4 members (excludes halogenated alkanes) is 1. The lowest BCUT2D eigenvalue weighted by Gasteiger charge is -2.17. The maximum atomic E-state index is 12.3. The minimum Gasteiger partial charge on any atom is -0.511 e. The van der Waals surface area contributed by atoms with E-state index in [9.17, 15) is 9.90 Å². The van der Waals surface area contributed by atoms with E-state index in [1.165, 1.54) is 0 Å². The lowest BCUT2D eigenvalue weighted by Crippen LogP contribution is -2.20. The highest BCUT2D eigenvalue weighted by Gasteiger charge is 2.24. The van der Waals surface area contributed by atoms with Gasteiger partial charge in [-0.2, -0.15) is 0 Å². The normalized spacial score (nSPS) is 15.1. The molecule has 0 saturated heterocycles. The van der Waals surface area contributed by atoms with Crippen molar-refractivity contribution in [1.82, 2.24) is 0 Å². The molecule has 1 N–H and O–H groups in total. The van der Waals surface area contributed by atoms with E-state index in [1.807, 2.05) is 32.0 Å². The van der Waals surface area contributed by atoms with Crippen LogP contribution in [0.25, 0.3) is 0 Å². The molecule has 0 atom stereocenters. The van der Waals surface area contributed by atoms with Gasteiger partial charge < -0.3 is 14.6 Å². The van der Waals surface area contributed by atoms with Crippen molar-refractivity contribution in [2.75, 3.05) is 19.8 Å². The van der Waals surface area contributed by atoms with Crippen LogP contribution in [0.4, 0.5) is 0 Å². The van der Waals surface area contributed by atoms with E-state index in [2.05, 4.69) is 6.92 Å². The molecule has 0 fully saturated rings. The quantitative estimate of drug-likeness (QED) is 0.528. The molecule has 0 aromatic heterocycles. The highest BCUT2D eigenvalue weighted by molar-refractivity contribution is 6.23. The van der Waals surface area contributed by atoms with Gasteiger partial charge in [0.15, 0.2) is 17.3 Å². The van der Waals surface area contributed by atoms with Gasteiger partial charge in [0.1, 0.15) is 5.76 Å². The topological polar surface area (TPSA) is 68.1 Å². The fraction of sp³-hybridized carbons (Fsp3) is 0.565. The van der Waals surface area contributed by atoms with Crippen molar-refractivity contribution in [2.45, 2.75) is 65.7 Å². The molecule has 0 aliphatic heterocycles. The molecule has 5 nitrogen and oxygen atoms in total. The van der Waals surface area contributed by atoms with E-state index in [0.29, 0.717) is 38.2 Å². The standard InChI is InChI=1S/C23H33NO4/c1-4-7-9-18(23-19(25)10-8-11-20(23)26)24-15-14-17-12-13-21(27-5-2)22(16-17)28-6-3/h12-13,16,25H,4-11,14-15H2,1-3H3. The van der Waals surface area contributed by atoms with E-state index in [1.54, 1.807) is 0 Å². The van der Waals surface area contributed by atoms with Crippen LogP contribution in [-0.4, -0.2) is 36.4 Å². The van der Waals surface area contributed by atoms with E-state index in [-0.39, 0.29) is 11.5 Å². The number of rotatable bonds is 11. The maximum absolute atomic E-state index is 12.3. The lowest BCUT2D eigenvalue weighted by molar-refractivity contribution is -0.115. The Bertz CT molecular complexity index is 721. The number of hydrogen-bond donors (Lipinski definition) is 1. The summed E-state index contributed by atoms with van der Waals surface area (Å²) in [5, 5.41) is 10.2. The summed E-state index contributed by atoms with van der Waals surface area (Å²) in [6.45, 7) is 7.77. The summed E-state index contributed by atoms with van der Waals surface area (Å²) in [6, 6.07) is 5.96. The molecule has 1 aliphatic rings. The van der Waals surface area contributed by atoms with Crippen LogP contribution in [0.1, 0.15) is 64.9 Å². The number of aliphatic hydroxyl groups excluding tert-OH is 1. The number of allylic oxidation sites excluding steroid dienone is 2. The molecule has 1 aromatic carbocycles. The highest BCUT2D eigenvalue weighted by Crippen LogP contribution is 2.29. The molecule has 1 aromatic rings. The van der Waals surface area contributed by atoms with Crippen LogP contribution < -0.4 is 9.47 Å². The van der Waals surface area contributed by atoms with Crippen LogP contribution in [0.2, 0.25) is 0 Å². The molecule has 0 heterocycles. The van der Waals surface area contributed by atoms with Gasteiger partial charge in [-0.05, 0) is 57.2 Å². The Morgan fingerprint density at radius 2 is 1.86 bits per heavy atom. The van der Waals surface area contributed by atoms with Crippen molar-refractivity contribution >= 4 is 11.5 Å². The molecule has 0 saturated carbocycles. The van der Waals surface area contributed by atoms with Crippen LogP contribution >= 0.6 is 0 Å². The van der Waals surface area contributed by atoms with Crippen molar-refractivity contribution in [3.63, 3.8) is 0 Å². The predicted molar refractivity (Wildman–Crippen MR) is 113 cm³/mol. The van der Waals surface area contributed by atoms with Gasteiger partial charge in [-0.3, -0.25) is 9.79 Å². The van der Waals surface area contributed by atoms with E-state index < -0.39 is 0 Å². The zero-order chi connectivity index (χ0) is 20.4. The highest BCUT2D eigenvalue weighted by atomic mass is 16.5. The molecule has 0 bridgehead atoms. The summed E-state index contributed by atoms with van der Waals surface area (Å²) in [6.07, 6.45) is 5.25. The Hall–Kier alpha value is -2.30. The smallest absolute Gasteiger partial charge is 0.168 e. The Morgan fingerprint density at radius 3 is 2.54 bits per heavy atom. The first kappa shape index (κ1) is 22.0. The first-order chi connectivity index (χ1) is 13.6. The Kier molecular flexibility index (Phi) is 9.05. The minimum absolute atomic E-state index is 0.0262. The third-order valence-electron chi connectivity index (χ3n) is 4.75. The number of ketones is 1. The van der Waals surface area contributed by atoms with Crippen LogP contribution in [0, 0.1) is 0 Å². The molecular weight excluding hydrogens is 354 g/mol. The second-order valence-electron chi connectivity index (χ2n) is 6.93. The molecule has 28 heavy (non-hydrogen) atoms. The lowest BCUT2D eigenvalue weighted by atomic mass is 9.90. The van der Waals surface area contributed by atoms with Crippen molar-refractivity contribution < 1.29 is 19.4 Å². The fourth-order valence-corrected chi connectivity index (χ4v) is 3.35. The largest absolute Gasteiger partial charge is 0.511 e. The summed E-state index contributed by atoms with van der Waals surface area (Å²) < 4.78 is 11.3. The fourth-order valence-electron chi connectivity index (χ4n) is 3.35. The summed E-state index contributed by atoms with van der Waals surface area (Å²) in [7, 11) is 0. The Balaban J connectivity index is 2.14. The average molecular weight is 388 g/mol. The van der Waals surface area contributed by atoms with Crippen molar-refractivity contribution in [3.8, 4) is 11.5 Å². The van der Waals surface area contributed by atoms with Crippen molar-refractivity contribution in [1.29, 1.82) is 0 Å². The third-order valence-corrected chi connectivity index (χ3v) is 4.75. The van der Waals surface area contributed by atoms with Crippen LogP contribution in [0.3, 0.4) is 0 Å². The van der Waals surface area contributed by atoms with Gasteiger partial charge in [0.05, 0.1) is 18.8 Å². The van der Waals surface area contributed by atoms with Gasteiger partial charge in [-0.1, -0.05) is 19.4 Å². The van der Waals surface area contributed by atoms with E-state index >= 15 is 0 Å². The second-order valence-corrected chi connectivity index (χ2v) is 6.93.